The van der Waals surface area contributed by atoms with Crippen LogP contribution in [-0.2, 0) is 0 Å². The average Bonchev–Trinajstić information content (AvgIpc) is 3.02. The summed E-state index contributed by atoms with van der Waals surface area (Å²) in [4.78, 5) is 0. The highest BCUT2D eigenvalue weighted by atomic mass is 16.5. The molecule has 0 radical (unpaired) electrons. The molecule has 0 amide bonds. The Hall–Kier alpha value is -2.04. The Labute approximate surface area is 138 Å². The molecule has 1 aliphatic rings. The number of aryl methyl sites for hydroxylation is 1. The molecule has 0 aromatic heterocycles. The van der Waals surface area contributed by atoms with Gasteiger partial charge in [0.1, 0.15) is 11.9 Å². The fraction of sp³-hybridized carbons (Fsp3) is 0.368. The second-order valence-electron chi connectivity index (χ2n) is 6.23. The Kier molecular flexibility index (Phi) is 4.84. The molecule has 3 atom stereocenters. The number of hydrogen-bond donors (Lipinski definition) is 3. The van der Waals surface area contributed by atoms with E-state index in [1.54, 1.807) is 0 Å². The van der Waals surface area contributed by atoms with Crippen molar-refractivity contribution >= 4 is 5.69 Å². The molecular weight excluding hydrogens is 286 g/mol. The monoisotopic (exact) mass is 311 g/mol. The third kappa shape index (κ3) is 3.84. The Morgan fingerprint density at radius 2 is 2.00 bits per heavy atom. The molecule has 1 aliphatic heterocycles. The molecule has 3 unspecified atom stereocenters. The van der Waals surface area contributed by atoms with Gasteiger partial charge < -0.3 is 10.5 Å². The first-order valence-electron chi connectivity index (χ1n) is 8.25. The number of hydrogen-bond acceptors (Lipinski definition) is 4. The molecule has 1 fully saturated rings. The lowest BCUT2D eigenvalue weighted by Crippen LogP contribution is -2.41. The molecule has 2 aromatic carbocycles. The molecule has 4 nitrogen and oxygen atoms in total. The lowest BCUT2D eigenvalue weighted by molar-refractivity contribution is 0.154. The smallest absolute Gasteiger partial charge is 0.120 e. The molecule has 4 heteroatoms. The van der Waals surface area contributed by atoms with E-state index < -0.39 is 0 Å². The van der Waals surface area contributed by atoms with Crippen LogP contribution < -0.4 is 21.3 Å². The molecule has 1 heterocycles. The van der Waals surface area contributed by atoms with E-state index in [2.05, 4.69) is 42.9 Å². The SMILES string of the molecule is CCC(Oc1cccc(C)c1)C1CC(c2cccc(N)c2)NN1. The topological polar surface area (TPSA) is 59.3 Å². The standard InChI is InChI=1S/C19H25N3O/c1-3-19(23-16-9-4-6-13(2)10-16)18-12-17(21-22-18)14-7-5-8-15(20)11-14/h4-11,17-19,21-22H,3,12,20H2,1-2H3. The first-order chi connectivity index (χ1) is 11.2. The highest BCUT2D eigenvalue weighted by molar-refractivity contribution is 5.42. The van der Waals surface area contributed by atoms with Gasteiger partial charge in [0.15, 0.2) is 0 Å². The zero-order valence-electron chi connectivity index (χ0n) is 13.8. The van der Waals surface area contributed by atoms with Gasteiger partial charge in [-0.05, 0) is 55.2 Å². The van der Waals surface area contributed by atoms with Crippen molar-refractivity contribution in [2.75, 3.05) is 5.73 Å². The maximum absolute atomic E-state index is 6.21. The van der Waals surface area contributed by atoms with E-state index in [1.807, 2.05) is 30.3 Å². The summed E-state index contributed by atoms with van der Waals surface area (Å²) in [6.07, 6.45) is 2.07. The second kappa shape index (κ2) is 7.02. The molecule has 0 aliphatic carbocycles. The second-order valence-corrected chi connectivity index (χ2v) is 6.23. The summed E-state index contributed by atoms with van der Waals surface area (Å²) in [5, 5.41) is 0. The van der Waals surface area contributed by atoms with E-state index in [1.165, 1.54) is 11.1 Å². The molecule has 0 spiro atoms. The number of nitrogens with one attached hydrogen (secondary N) is 2. The zero-order valence-corrected chi connectivity index (χ0v) is 13.8. The first-order valence-corrected chi connectivity index (χ1v) is 8.25. The molecule has 2 aromatic rings. The van der Waals surface area contributed by atoms with Crippen LogP contribution >= 0.6 is 0 Å². The minimum atomic E-state index is 0.135. The van der Waals surface area contributed by atoms with Crippen molar-refractivity contribution in [1.29, 1.82) is 0 Å². The van der Waals surface area contributed by atoms with Crippen molar-refractivity contribution in [2.24, 2.45) is 0 Å². The van der Waals surface area contributed by atoms with E-state index in [0.29, 0.717) is 0 Å². The van der Waals surface area contributed by atoms with Gasteiger partial charge in [-0.15, -0.1) is 0 Å². The molecule has 0 saturated carbocycles. The van der Waals surface area contributed by atoms with E-state index in [-0.39, 0.29) is 18.2 Å². The highest BCUT2D eigenvalue weighted by Gasteiger charge is 2.31. The van der Waals surface area contributed by atoms with Gasteiger partial charge in [-0.1, -0.05) is 31.2 Å². The van der Waals surface area contributed by atoms with Crippen LogP contribution in [-0.4, -0.2) is 12.1 Å². The van der Waals surface area contributed by atoms with Crippen LogP contribution in [0.15, 0.2) is 48.5 Å². The molecule has 3 rings (SSSR count). The van der Waals surface area contributed by atoms with Crippen LogP contribution in [0.5, 0.6) is 5.75 Å². The van der Waals surface area contributed by atoms with Crippen molar-refractivity contribution < 1.29 is 4.74 Å². The summed E-state index contributed by atoms with van der Waals surface area (Å²) in [6, 6.07) is 16.8. The maximum Gasteiger partial charge on any atom is 0.120 e. The normalized spacial score (nSPS) is 22.0. The van der Waals surface area contributed by atoms with Crippen LogP contribution in [0.3, 0.4) is 0 Å². The van der Waals surface area contributed by atoms with Gasteiger partial charge in [0.25, 0.3) is 0 Å². The van der Waals surface area contributed by atoms with Crippen LogP contribution in [0.4, 0.5) is 5.69 Å². The number of nitrogen functional groups attached to an aromatic ring is 1. The zero-order chi connectivity index (χ0) is 16.2. The van der Waals surface area contributed by atoms with Gasteiger partial charge in [0, 0.05) is 11.7 Å². The highest BCUT2D eigenvalue weighted by Crippen LogP contribution is 2.27. The van der Waals surface area contributed by atoms with E-state index in [0.717, 1.165) is 24.3 Å². The quantitative estimate of drug-likeness (QED) is 0.741. The van der Waals surface area contributed by atoms with Gasteiger partial charge >= 0.3 is 0 Å². The number of ether oxygens (including phenoxy) is 1. The third-order valence-electron chi connectivity index (χ3n) is 4.37. The minimum Gasteiger partial charge on any atom is -0.489 e. The Bertz CT molecular complexity index is 659. The summed E-state index contributed by atoms with van der Waals surface area (Å²) in [5.74, 6) is 0.936. The van der Waals surface area contributed by atoms with E-state index in [9.17, 15) is 0 Å². The van der Waals surface area contributed by atoms with Crippen molar-refractivity contribution in [3.63, 3.8) is 0 Å². The number of hydrazine groups is 1. The summed E-state index contributed by atoms with van der Waals surface area (Å²) in [7, 11) is 0. The van der Waals surface area contributed by atoms with E-state index >= 15 is 0 Å². The molecule has 4 N–H and O–H groups in total. The Morgan fingerprint density at radius 3 is 2.74 bits per heavy atom. The van der Waals surface area contributed by atoms with Crippen LogP contribution in [0.1, 0.15) is 36.9 Å². The number of nitrogens with two attached hydrogens (primary N) is 1. The fourth-order valence-corrected chi connectivity index (χ4v) is 3.13. The predicted molar refractivity (Wildman–Crippen MR) is 94.2 cm³/mol. The van der Waals surface area contributed by atoms with Crippen molar-refractivity contribution in [3.05, 3.63) is 59.7 Å². The Morgan fingerprint density at radius 1 is 1.17 bits per heavy atom. The number of benzene rings is 2. The lowest BCUT2D eigenvalue weighted by atomic mass is 9.98. The largest absolute Gasteiger partial charge is 0.489 e. The van der Waals surface area contributed by atoms with Gasteiger partial charge in [-0.25, -0.2) is 5.43 Å². The molecule has 23 heavy (non-hydrogen) atoms. The Balaban J connectivity index is 1.66. The third-order valence-corrected chi connectivity index (χ3v) is 4.37. The average molecular weight is 311 g/mol. The van der Waals surface area contributed by atoms with Crippen LogP contribution in [0, 0.1) is 6.92 Å². The lowest BCUT2D eigenvalue weighted by Gasteiger charge is -2.23. The predicted octanol–water partition coefficient (Wildman–Crippen LogP) is 3.34. The summed E-state index contributed by atoms with van der Waals surface area (Å²) in [6.45, 7) is 4.25. The van der Waals surface area contributed by atoms with Gasteiger partial charge in [0.05, 0.1) is 6.04 Å². The summed E-state index contributed by atoms with van der Waals surface area (Å²) in [5.41, 5.74) is 15.9. The summed E-state index contributed by atoms with van der Waals surface area (Å²) >= 11 is 0. The van der Waals surface area contributed by atoms with Gasteiger partial charge in [-0.2, -0.15) is 0 Å². The first kappa shape index (κ1) is 15.8. The van der Waals surface area contributed by atoms with Crippen LogP contribution in [0.25, 0.3) is 0 Å². The van der Waals surface area contributed by atoms with Gasteiger partial charge in [0.2, 0.25) is 0 Å². The number of anilines is 1. The van der Waals surface area contributed by atoms with E-state index in [4.69, 9.17) is 10.5 Å². The molecule has 1 saturated heterocycles. The van der Waals surface area contributed by atoms with Crippen molar-refractivity contribution in [1.82, 2.24) is 10.9 Å². The molecular formula is C19H25N3O. The number of rotatable bonds is 5. The summed E-state index contributed by atoms with van der Waals surface area (Å²) < 4.78 is 6.21. The minimum absolute atomic E-state index is 0.135. The van der Waals surface area contributed by atoms with Gasteiger partial charge in [-0.3, -0.25) is 5.43 Å². The molecule has 0 bridgehead atoms. The maximum atomic E-state index is 6.21. The van der Waals surface area contributed by atoms with Crippen LogP contribution in [0.2, 0.25) is 0 Å². The van der Waals surface area contributed by atoms with Crippen molar-refractivity contribution in [2.45, 2.75) is 44.9 Å². The molecule has 122 valence electrons. The fourth-order valence-electron chi connectivity index (χ4n) is 3.13. The van der Waals surface area contributed by atoms with Crippen molar-refractivity contribution in [3.8, 4) is 5.75 Å².